The summed E-state index contributed by atoms with van der Waals surface area (Å²) in [6.07, 6.45) is 2.21. The van der Waals surface area contributed by atoms with Crippen molar-refractivity contribution in [2.24, 2.45) is 5.92 Å². The molecule has 138 valence electrons. The second-order valence-corrected chi connectivity index (χ2v) is 7.31. The molecular weight excluding hydrogens is 316 g/mol. The monoisotopic (exact) mass is 346 g/mol. The highest BCUT2D eigenvalue weighted by atomic mass is 16.5. The molecule has 0 unspecified atom stereocenters. The van der Waals surface area contributed by atoms with E-state index >= 15 is 0 Å². The van der Waals surface area contributed by atoms with Crippen molar-refractivity contribution in [3.8, 4) is 5.75 Å². The van der Waals surface area contributed by atoms with Gasteiger partial charge in [0, 0.05) is 25.6 Å². The zero-order valence-corrected chi connectivity index (χ0v) is 15.8. The van der Waals surface area contributed by atoms with Gasteiger partial charge >= 0.3 is 0 Å². The Balaban J connectivity index is 1.73. The molecule has 1 saturated heterocycles. The summed E-state index contributed by atoms with van der Waals surface area (Å²) in [7, 11) is 0. The van der Waals surface area contributed by atoms with Crippen molar-refractivity contribution in [3.05, 3.63) is 29.3 Å². The van der Waals surface area contributed by atoms with Gasteiger partial charge in [-0.05, 0) is 49.8 Å². The van der Waals surface area contributed by atoms with Crippen LogP contribution in [0.3, 0.4) is 0 Å². The SMILES string of the molecule is Cc1cccc(OCC(=O)NC2CCN(C(=O)CC(C)C)CC2)c1C. The molecule has 0 aromatic heterocycles. The number of carbonyl (C=O) groups is 2. The molecule has 0 radical (unpaired) electrons. The maximum Gasteiger partial charge on any atom is 0.258 e. The smallest absolute Gasteiger partial charge is 0.258 e. The zero-order valence-electron chi connectivity index (χ0n) is 15.8. The van der Waals surface area contributed by atoms with E-state index in [-0.39, 0.29) is 24.5 Å². The fourth-order valence-corrected chi connectivity index (χ4v) is 3.04. The topological polar surface area (TPSA) is 58.6 Å². The number of benzene rings is 1. The summed E-state index contributed by atoms with van der Waals surface area (Å²) in [5, 5.41) is 3.02. The molecule has 5 nitrogen and oxygen atoms in total. The second kappa shape index (κ2) is 8.88. The van der Waals surface area contributed by atoms with Crippen LogP contribution >= 0.6 is 0 Å². The van der Waals surface area contributed by atoms with Crippen LogP contribution < -0.4 is 10.1 Å². The lowest BCUT2D eigenvalue weighted by molar-refractivity contribution is -0.133. The fourth-order valence-electron chi connectivity index (χ4n) is 3.04. The van der Waals surface area contributed by atoms with Crippen LogP contribution in [0.15, 0.2) is 18.2 Å². The van der Waals surface area contributed by atoms with Gasteiger partial charge in [0.25, 0.3) is 5.91 Å². The number of hydrogen-bond donors (Lipinski definition) is 1. The van der Waals surface area contributed by atoms with Gasteiger partial charge in [0.2, 0.25) is 5.91 Å². The number of nitrogens with one attached hydrogen (secondary N) is 1. The molecule has 25 heavy (non-hydrogen) atoms. The van der Waals surface area contributed by atoms with Crippen LogP contribution in [0.2, 0.25) is 0 Å². The lowest BCUT2D eigenvalue weighted by Gasteiger charge is -2.32. The van der Waals surface area contributed by atoms with E-state index < -0.39 is 0 Å². The zero-order chi connectivity index (χ0) is 18.4. The Hall–Kier alpha value is -2.04. The van der Waals surface area contributed by atoms with Gasteiger partial charge in [-0.3, -0.25) is 9.59 Å². The summed E-state index contributed by atoms with van der Waals surface area (Å²) in [5.74, 6) is 1.25. The van der Waals surface area contributed by atoms with Crippen molar-refractivity contribution >= 4 is 11.8 Å². The first-order valence-electron chi connectivity index (χ1n) is 9.13. The van der Waals surface area contributed by atoms with E-state index in [0.29, 0.717) is 25.4 Å². The number of piperidine rings is 1. The van der Waals surface area contributed by atoms with Gasteiger partial charge in [-0.1, -0.05) is 26.0 Å². The van der Waals surface area contributed by atoms with Crippen LogP contribution in [-0.2, 0) is 9.59 Å². The van der Waals surface area contributed by atoms with Gasteiger partial charge in [-0.2, -0.15) is 0 Å². The van der Waals surface area contributed by atoms with Crippen LogP contribution in [0, 0.1) is 19.8 Å². The number of nitrogens with zero attached hydrogens (tertiary/aromatic N) is 1. The Morgan fingerprint density at radius 2 is 1.92 bits per heavy atom. The first-order valence-corrected chi connectivity index (χ1v) is 9.13. The van der Waals surface area contributed by atoms with Crippen molar-refractivity contribution in [3.63, 3.8) is 0 Å². The summed E-state index contributed by atoms with van der Waals surface area (Å²) in [4.78, 5) is 26.1. The minimum Gasteiger partial charge on any atom is -0.483 e. The van der Waals surface area contributed by atoms with Crippen LogP contribution in [0.25, 0.3) is 0 Å². The van der Waals surface area contributed by atoms with Crippen LogP contribution in [-0.4, -0.2) is 42.5 Å². The summed E-state index contributed by atoms with van der Waals surface area (Å²) in [6, 6.07) is 5.96. The third kappa shape index (κ3) is 5.76. The van der Waals surface area contributed by atoms with Crippen molar-refractivity contribution < 1.29 is 14.3 Å². The molecule has 1 aliphatic heterocycles. The molecule has 1 fully saturated rings. The number of rotatable bonds is 6. The molecule has 0 spiro atoms. The molecule has 5 heteroatoms. The Morgan fingerprint density at radius 3 is 2.56 bits per heavy atom. The first-order chi connectivity index (χ1) is 11.9. The molecular formula is C20H30N2O3. The van der Waals surface area contributed by atoms with Gasteiger partial charge in [-0.15, -0.1) is 0 Å². The number of aryl methyl sites for hydroxylation is 1. The lowest BCUT2D eigenvalue weighted by Crippen LogP contribution is -2.47. The van der Waals surface area contributed by atoms with E-state index in [0.717, 1.165) is 29.7 Å². The van der Waals surface area contributed by atoms with Crippen molar-refractivity contribution in [1.82, 2.24) is 10.2 Å². The quantitative estimate of drug-likeness (QED) is 0.862. The molecule has 0 atom stereocenters. The Bertz CT molecular complexity index is 605. The number of likely N-dealkylation sites (tertiary alicyclic amines) is 1. The van der Waals surface area contributed by atoms with E-state index in [2.05, 4.69) is 19.2 Å². The maximum absolute atomic E-state index is 12.1. The highest BCUT2D eigenvalue weighted by molar-refractivity contribution is 5.78. The molecule has 2 amide bonds. The first kappa shape index (κ1) is 19.3. The Morgan fingerprint density at radius 1 is 1.24 bits per heavy atom. The minimum absolute atomic E-state index is 0.0246. The average Bonchev–Trinajstić information content (AvgIpc) is 2.56. The molecule has 1 aromatic rings. The van der Waals surface area contributed by atoms with Crippen LogP contribution in [0.1, 0.15) is 44.2 Å². The van der Waals surface area contributed by atoms with E-state index in [1.807, 2.05) is 36.9 Å². The summed E-state index contributed by atoms with van der Waals surface area (Å²) < 4.78 is 5.65. The normalized spacial score (nSPS) is 15.3. The third-order valence-electron chi connectivity index (χ3n) is 4.71. The molecule has 0 aliphatic carbocycles. The van der Waals surface area contributed by atoms with Crippen molar-refractivity contribution in [2.75, 3.05) is 19.7 Å². The Labute approximate surface area is 150 Å². The molecule has 1 aromatic carbocycles. The standard InChI is InChI=1S/C20H30N2O3/c1-14(2)12-20(24)22-10-8-17(9-11-22)21-19(23)13-25-18-7-5-6-15(3)16(18)4/h5-7,14,17H,8-13H2,1-4H3,(H,21,23). The summed E-state index contributed by atoms with van der Waals surface area (Å²) in [6.45, 7) is 9.59. The molecule has 1 aliphatic rings. The number of carbonyl (C=O) groups excluding carboxylic acids is 2. The van der Waals surface area contributed by atoms with E-state index in [1.165, 1.54) is 0 Å². The third-order valence-corrected chi connectivity index (χ3v) is 4.71. The number of hydrogen-bond acceptors (Lipinski definition) is 3. The summed E-state index contributed by atoms with van der Waals surface area (Å²) >= 11 is 0. The number of amides is 2. The molecule has 1 N–H and O–H groups in total. The molecule has 1 heterocycles. The lowest BCUT2D eigenvalue weighted by atomic mass is 10.0. The van der Waals surface area contributed by atoms with E-state index in [9.17, 15) is 9.59 Å². The number of ether oxygens (including phenoxy) is 1. The molecule has 0 saturated carbocycles. The predicted molar refractivity (Wildman–Crippen MR) is 98.6 cm³/mol. The fraction of sp³-hybridized carbons (Fsp3) is 0.600. The minimum atomic E-state index is -0.104. The van der Waals surface area contributed by atoms with Gasteiger partial charge in [0.15, 0.2) is 6.61 Å². The second-order valence-electron chi connectivity index (χ2n) is 7.31. The van der Waals surface area contributed by atoms with E-state index in [4.69, 9.17) is 4.74 Å². The highest BCUT2D eigenvalue weighted by Gasteiger charge is 2.24. The largest absolute Gasteiger partial charge is 0.483 e. The maximum atomic E-state index is 12.1. The van der Waals surface area contributed by atoms with Crippen LogP contribution in [0.4, 0.5) is 0 Å². The van der Waals surface area contributed by atoms with Crippen LogP contribution in [0.5, 0.6) is 5.75 Å². The molecule has 2 rings (SSSR count). The van der Waals surface area contributed by atoms with Gasteiger partial charge in [-0.25, -0.2) is 0 Å². The summed E-state index contributed by atoms with van der Waals surface area (Å²) in [5.41, 5.74) is 2.21. The van der Waals surface area contributed by atoms with Crippen molar-refractivity contribution in [2.45, 2.75) is 53.0 Å². The molecule has 0 bridgehead atoms. The van der Waals surface area contributed by atoms with Gasteiger partial charge in [0.05, 0.1) is 0 Å². The van der Waals surface area contributed by atoms with Gasteiger partial charge in [0.1, 0.15) is 5.75 Å². The Kier molecular flexibility index (Phi) is 6.85. The van der Waals surface area contributed by atoms with E-state index in [1.54, 1.807) is 0 Å². The van der Waals surface area contributed by atoms with Gasteiger partial charge < -0.3 is 15.0 Å². The average molecular weight is 346 g/mol. The predicted octanol–water partition coefficient (Wildman–Crippen LogP) is 2.84. The highest BCUT2D eigenvalue weighted by Crippen LogP contribution is 2.20. The van der Waals surface area contributed by atoms with Crippen molar-refractivity contribution in [1.29, 1.82) is 0 Å².